The molecule has 1 aliphatic carbocycles. The van der Waals surface area contributed by atoms with Crippen LogP contribution in [0.5, 0.6) is 0 Å². The minimum absolute atomic E-state index is 0.157. The highest BCUT2D eigenvalue weighted by Gasteiger charge is 2.22. The van der Waals surface area contributed by atoms with E-state index in [1.807, 2.05) is 6.92 Å². The van der Waals surface area contributed by atoms with E-state index < -0.39 is 0 Å². The number of amides is 1. The van der Waals surface area contributed by atoms with E-state index in [4.69, 9.17) is 0 Å². The Bertz CT molecular complexity index is 128. The van der Waals surface area contributed by atoms with Crippen molar-refractivity contribution in [3.05, 3.63) is 0 Å². The number of hydrogen-bond acceptors (Lipinski definition) is 1. The maximum absolute atomic E-state index is 11.2. The van der Waals surface area contributed by atoms with Crippen LogP contribution in [-0.2, 0) is 4.79 Å². The largest absolute Gasteiger partial charge is 0.273 e. The van der Waals surface area contributed by atoms with Gasteiger partial charge in [0.1, 0.15) is 0 Å². The number of carbonyl (C=O) groups excluding carboxylic acids is 1. The summed E-state index contributed by atoms with van der Waals surface area (Å²) in [6.45, 7) is 2.76. The molecule has 2 nitrogen and oxygen atoms in total. The Kier molecular flexibility index (Phi) is 3.40. The molecule has 0 N–H and O–H groups in total. The molecule has 63 valence electrons. The van der Waals surface area contributed by atoms with E-state index in [2.05, 4.69) is 5.32 Å². The molecule has 0 aromatic heterocycles. The summed E-state index contributed by atoms with van der Waals surface area (Å²) in [4.78, 5) is 11.2. The van der Waals surface area contributed by atoms with E-state index in [1.54, 1.807) is 0 Å². The van der Waals surface area contributed by atoms with E-state index in [9.17, 15) is 4.79 Å². The molecule has 0 aliphatic heterocycles. The van der Waals surface area contributed by atoms with Crippen molar-refractivity contribution >= 4 is 5.91 Å². The number of carbonyl (C=O) groups is 1. The summed E-state index contributed by atoms with van der Waals surface area (Å²) in [5.41, 5.74) is 0. The molecule has 1 fully saturated rings. The fraction of sp³-hybridized carbons (Fsp3) is 0.889. The van der Waals surface area contributed by atoms with Crippen LogP contribution in [0.4, 0.5) is 0 Å². The average molecular weight is 154 g/mol. The van der Waals surface area contributed by atoms with E-state index in [1.165, 1.54) is 12.8 Å². The predicted octanol–water partition coefficient (Wildman–Crippen LogP) is 1.72. The van der Waals surface area contributed by atoms with Crippen molar-refractivity contribution in [1.82, 2.24) is 5.32 Å². The van der Waals surface area contributed by atoms with E-state index >= 15 is 0 Å². The van der Waals surface area contributed by atoms with Gasteiger partial charge in [0, 0.05) is 12.5 Å². The van der Waals surface area contributed by atoms with E-state index in [0.717, 1.165) is 25.8 Å². The zero-order chi connectivity index (χ0) is 8.10. The number of rotatable bonds is 3. The van der Waals surface area contributed by atoms with E-state index in [0.29, 0.717) is 0 Å². The molecule has 0 heterocycles. The van der Waals surface area contributed by atoms with Crippen LogP contribution in [-0.4, -0.2) is 12.5 Å². The summed E-state index contributed by atoms with van der Waals surface area (Å²) in [6, 6.07) is 0. The summed E-state index contributed by atoms with van der Waals surface area (Å²) in [7, 11) is 0. The number of hydrogen-bond donors (Lipinski definition) is 0. The van der Waals surface area contributed by atoms with Crippen LogP contribution >= 0.6 is 0 Å². The number of nitrogens with zero attached hydrogens (tertiary/aromatic N) is 1. The summed E-state index contributed by atoms with van der Waals surface area (Å²) >= 11 is 0. The van der Waals surface area contributed by atoms with Crippen LogP contribution in [0.3, 0.4) is 0 Å². The fourth-order valence-corrected chi connectivity index (χ4v) is 1.52. The Morgan fingerprint density at radius 2 is 2.09 bits per heavy atom. The Morgan fingerprint density at radius 1 is 1.45 bits per heavy atom. The highest BCUT2D eigenvalue weighted by molar-refractivity contribution is 5.78. The first-order valence-corrected chi connectivity index (χ1v) is 4.56. The van der Waals surface area contributed by atoms with Crippen LogP contribution in [0.15, 0.2) is 0 Å². The van der Waals surface area contributed by atoms with Crippen molar-refractivity contribution < 1.29 is 4.79 Å². The molecule has 0 aromatic carbocycles. The van der Waals surface area contributed by atoms with Crippen LogP contribution in [0.25, 0.3) is 0 Å². The third-order valence-electron chi connectivity index (χ3n) is 2.20. The van der Waals surface area contributed by atoms with Crippen molar-refractivity contribution in [3.8, 4) is 0 Å². The SMILES string of the molecule is CCC[N]C(=O)C1CCCC1. The minimum Gasteiger partial charge on any atom is -0.273 e. The van der Waals surface area contributed by atoms with Crippen molar-refractivity contribution in [2.75, 3.05) is 6.54 Å². The molecular weight excluding hydrogens is 138 g/mol. The Balaban J connectivity index is 2.17. The molecule has 0 aromatic rings. The summed E-state index contributed by atoms with van der Waals surface area (Å²) in [6.07, 6.45) is 5.58. The lowest BCUT2D eigenvalue weighted by molar-refractivity contribution is -0.125. The molecule has 0 atom stereocenters. The predicted molar refractivity (Wildman–Crippen MR) is 44.3 cm³/mol. The van der Waals surface area contributed by atoms with Gasteiger partial charge in [-0.25, -0.2) is 0 Å². The topological polar surface area (TPSA) is 31.2 Å². The quantitative estimate of drug-likeness (QED) is 0.609. The van der Waals surface area contributed by atoms with Crippen molar-refractivity contribution in [2.24, 2.45) is 5.92 Å². The van der Waals surface area contributed by atoms with Crippen molar-refractivity contribution in [3.63, 3.8) is 0 Å². The smallest absolute Gasteiger partial charge is 0.244 e. The second-order valence-corrected chi connectivity index (χ2v) is 3.20. The van der Waals surface area contributed by atoms with Crippen LogP contribution in [0, 0.1) is 5.92 Å². The van der Waals surface area contributed by atoms with Gasteiger partial charge in [-0.1, -0.05) is 19.8 Å². The molecule has 0 spiro atoms. The van der Waals surface area contributed by atoms with Gasteiger partial charge in [-0.3, -0.25) is 10.1 Å². The molecule has 0 bridgehead atoms. The molecule has 1 radical (unpaired) electrons. The fourth-order valence-electron chi connectivity index (χ4n) is 1.52. The molecule has 1 aliphatic rings. The summed E-state index contributed by atoms with van der Waals surface area (Å²) in [5, 5.41) is 3.99. The molecule has 0 unspecified atom stereocenters. The molecule has 0 saturated heterocycles. The molecule has 11 heavy (non-hydrogen) atoms. The third-order valence-corrected chi connectivity index (χ3v) is 2.20. The molecule has 1 rings (SSSR count). The molecule has 1 amide bonds. The maximum atomic E-state index is 11.2. The van der Waals surface area contributed by atoms with Gasteiger partial charge in [-0.05, 0) is 19.3 Å². The van der Waals surface area contributed by atoms with Crippen molar-refractivity contribution in [1.29, 1.82) is 0 Å². The average Bonchev–Trinajstić information content (AvgIpc) is 2.52. The van der Waals surface area contributed by atoms with Gasteiger partial charge in [0.25, 0.3) is 0 Å². The third kappa shape index (κ3) is 2.52. The first-order chi connectivity index (χ1) is 5.34. The zero-order valence-electron chi connectivity index (χ0n) is 7.18. The molecular formula is C9H16NO. The summed E-state index contributed by atoms with van der Waals surface area (Å²) in [5.74, 6) is 0.436. The normalized spacial score (nSPS) is 18.6. The second kappa shape index (κ2) is 4.37. The van der Waals surface area contributed by atoms with Crippen LogP contribution in [0.1, 0.15) is 39.0 Å². The lowest BCUT2D eigenvalue weighted by Gasteiger charge is -2.05. The Hall–Kier alpha value is -0.530. The van der Waals surface area contributed by atoms with Crippen LogP contribution in [0.2, 0.25) is 0 Å². The zero-order valence-corrected chi connectivity index (χ0v) is 7.18. The van der Waals surface area contributed by atoms with Gasteiger partial charge in [-0.15, -0.1) is 0 Å². The van der Waals surface area contributed by atoms with Gasteiger partial charge in [-0.2, -0.15) is 0 Å². The van der Waals surface area contributed by atoms with Crippen LogP contribution < -0.4 is 5.32 Å². The second-order valence-electron chi connectivity index (χ2n) is 3.20. The van der Waals surface area contributed by atoms with Crippen molar-refractivity contribution in [2.45, 2.75) is 39.0 Å². The highest BCUT2D eigenvalue weighted by atomic mass is 16.1. The Morgan fingerprint density at radius 3 is 2.64 bits per heavy atom. The van der Waals surface area contributed by atoms with Gasteiger partial charge in [0.05, 0.1) is 0 Å². The van der Waals surface area contributed by atoms with Gasteiger partial charge < -0.3 is 0 Å². The van der Waals surface area contributed by atoms with Gasteiger partial charge in [0.2, 0.25) is 5.91 Å². The van der Waals surface area contributed by atoms with E-state index in [-0.39, 0.29) is 11.8 Å². The molecule has 1 saturated carbocycles. The van der Waals surface area contributed by atoms with Gasteiger partial charge >= 0.3 is 0 Å². The summed E-state index contributed by atoms with van der Waals surface area (Å²) < 4.78 is 0. The lowest BCUT2D eigenvalue weighted by atomic mass is 10.1. The standard InChI is InChI=1S/C9H16NO/c1-2-7-10-9(11)8-5-3-4-6-8/h8H,2-7H2,1H3. The van der Waals surface area contributed by atoms with Gasteiger partial charge in [0.15, 0.2) is 0 Å². The maximum Gasteiger partial charge on any atom is 0.244 e. The lowest BCUT2D eigenvalue weighted by Crippen LogP contribution is -2.23. The highest BCUT2D eigenvalue weighted by Crippen LogP contribution is 2.24. The first kappa shape index (κ1) is 8.57. The minimum atomic E-state index is 0.157. The first-order valence-electron chi connectivity index (χ1n) is 4.56. The Labute approximate surface area is 68.4 Å². The monoisotopic (exact) mass is 154 g/mol. The molecule has 2 heteroatoms.